The first-order valence-corrected chi connectivity index (χ1v) is 8.88. The van der Waals surface area contributed by atoms with E-state index in [9.17, 15) is 4.79 Å². The van der Waals surface area contributed by atoms with Crippen LogP contribution in [0, 0.1) is 0 Å². The van der Waals surface area contributed by atoms with Crippen molar-refractivity contribution < 1.29 is 10.1 Å². The molecule has 0 bridgehead atoms. The smallest absolute Gasteiger partial charge is 0.262 e. The van der Waals surface area contributed by atoms with Gasteiger partial charge in [0.15, 0.2) is 0 Å². The zero-order valence-corrected chi connectivity index (χ0v) is 15.7. The van der Waals surface area contributed by atoms with Gasteiger partial charge in [-0.3, -0.25) is 10.1 Å². The Hall–Kier alpha value is -0.970. The molecule has 0 aromatic heterocycles. The molecule has 2 rings (SSSR count). The van der Waals surface area contributed by atoms with Crippen LogP contribution < -0.4 is 10.6 Å². The number of nitrogens with one attached hydrogen (secondary N) is 1. The summed E-state index contributed by atoms with van der Waals surface area (Å²) in [4.78, 5) is 12.3. The van der Waals surface area contributed by atoms with E-state index in [1.807, 2.05) is 35.6 Å². The molecule has 0 radical (unpaired) electrons. The topological polar surface area (TPSA) is 45.7 Å². The molecule has 1 amide bonds. The molecular weight excluding hydrogens is 390 g/mol. The van der Waals surface area contributed by atoms with Crippen molar-refractivity contribution in [3.63, 3.8) is 0 Å². The number of halogens is 4. The van der Waals surface area contributed by atoms with Crippen LogP contribution >= 0.6 is 46.4 Å². The van der Waals surface area contributed by atoms with Gasteiger partial charge in [-0.05, 0) is 29.8 Å². The summed E-state index contributed by atoms with van der Waals surface area (Å²) in [6.07, 6.45) is 0.101. The van der Waals surface area contributed by atoms with Crippen molar-refractivity contribution in [3.05, 3.63) is 70.7 Å². The molecule has 2 aromatic carbocycles. The van der Waals surface area contributed by atoms with Gasteiger partial charge < -0.3 is 5.32 Å². The lowest BCUT2D eigenvalue weighted by atomic mass is 10.1. The molecule has 0 unspecified atom stereocenters. The monoisotopic (exact) mass is 405 g/mol. The van der Waals surface area contributed by atoms with Crippen molar-refractivity contribution >= 4 is 52.3 Å². The largest absolute Gasteiger partial charge is 0.323 e. The molecule has 0 aliphatic heterocycles. The molecule has 0 heterocycles. The second kappa shape index (κ2) is 8.93. The lowest BCUT2D eigenvalue weighted by Crippen LogP contribution is -2.96. The molecule has 7 heteroatoms. The maximum atomic E-state index is 12.3. The summed E-state index contributed by atoms with van der Waals surface area (Å²) in [6.45, 7) is 0.670. The second-order valence-corrected chi connectivity index (χ2v) is 8.06. The van der Waals surface area contributed by atoms with Crippen molar-refractivity contribution in [1.29, 1.82) is 0 Å². The first-order valence-electron chi connectivity index (χ1n) is 7.36. The van der Waals surface area contributed by atoms with Gasteiger partial charge in [0.05, 0.1) is 6.54 Å². The first kappa shape index (κ1) is 19.4. The number of benzene rings is 2. The van der Waals surface area contributed by atoms with E-state index in [0.29, 0.717) is 17.1 Å². The number of quaternary nitrogens is 1. The molecule has 0 saturated heterocycles. The van der Waals surface area contributed by atoms with Gasteiger partial charge in [-0.1, -0.05) is 76.7 Å². The molecule has 0 aliphatic carbocycles. The van der Waals surface area contributed by atoms with Crippen molar-refractivity contribution in [1.82, 2.24) is 5.32 Å². The van der Waals surface area contributed by atoms with Gasteiger partial charge >= 0.3 is 0 Å². The number of rotatable bonds is 6. The van der Waals surface area contributed by atoms with E-state index >= 15 is 0 Å². The summed E-state index contributed by atoms with van der Waals surface area (Å²) in [7, 11) is 0. The van der Waals surface area contributed by atoms with E-state index in [-0.39, 0.29) is 5.91 Å². The second-order valence-electron chi connectivity index (χ2n) is 5.26. The van der Waals surface area contributed by atoms with Crippen LogP contribution in [0.5, 0.6) is 0 Å². The van der Waals surface area contributed by atoms with Crippen LogP contribution in [0.15, 0.2) is 54.6 Å². The SMILES string of the molecule is O=C(N[C@@H]([NH2+]CCc1ccccc1)C(Cl)(Cl)Cl)c1ccc(Cl)cc1. The minimum absolute atomic E-state index is 0.320. The number of nitrogens with two attached hydrogens (primary N) is 1. The van der Waals surface area contributed by atoms with Crippen molar-refractivity contribution in [2.45, 2.75) is 16.4 Å². The molecule has 0 saturated carbocycles. The molecule has 24 heavy (non-hydrogen) atoms. The van der Waals surface area contributed by atoms with Gasteiger partial charge in [0, 0.05) is 17.0 Å². The number of carbonyl (C=O) groups is 1. The van der Waals surface area contributed by atoms with Crippen molar-refractivity contribution in [3.8, 4) is 0 Å². The van der Waals surface area contributed by atoms with Crippen LogP contribution in [-0.4, -0.2) is 22.4 Å². The standard InChI is InChI=1S/C17H16Cl4N2O/c18-14-8-6-13(7-9-14)15(24)23-16(17(19,20)21)22-11-10-12-4-2-1-3-5-12/h1-9,16,22H,10-11H2,(H,23,24)/p+1/t16-/m1/s1. The molecule has 2 aromatic rings. The number of amides is 1. The minimum Gasteiger partial charge on any atom is -0.323 e. The van der Waals surface area contributed by atoms with Crippen LogP contribution in [0.4, 0.5) is 0 Å². The summed E-state index contributed by atoms with van der Waals surface area (Å²) in [5.74, 6) is -0.320. The first-order chi connectivity index (χ1) is 11.4. The lowest BCUT2D eigenvalue weighted by Gasteiger charge is -2.23. The number of carbonyl (C=O) groups excluding carboxylic acids is 1. The zero-order chi connectivity index (χ0) is 17.6. The third-order valence-electron chi connectivity index (χ3n) is 3.42. The highest BCUT2D eigenvalue weighted by Gasteiger charge is 2.37. The summed E-state index contributed by atoms with van der Waals surface area (Å²) < 4.78 is -1.63. The Kier molecular flexibility index (Phi) is 7.20. The van der Waals surface area contributed by atoms with Gasteiger partial charge in [0.1, 0.15) is 0 Å². The average Bonchev–Trinajstić information content (AvgIpc) is 2.54. The maximum Gasteiger partial charge on any atom is 0.262 e. The Morgan fingerprint density at radius 3 is 2.25 bits per heavy atom. The van der Waals surface area contributed by atoms with E-state index in [1.165, 1.54) is 5.56 Å². The third kappa shape index (κ3) is 6.15. The van der Waals surface area contributed by atoms with E-state index < -0.39 is 9.96 Å². The highest BCUT2D eigenvalue weighted by atomic mass is 35.6. The fourth-order valence-electron chi connectivity index (χ4n) is 2.16. The Morgan fingerprint density at radius 1 is 1.04 bits per heavy atom. The van der Waals surface area contributed by atoms with E-state index in [2.05, 4.69) is 5.32 Å². The maximum absolute atomic E-state index is 12.3. The fourth-order valence-corrected chi connectivity index (χ4v) is 2.72. The molecule has 1 atom stereocenters. The molecule has 0 aliphatic rings. The van der Waals surface area contributed by atoms with Gasteiger partial charge in [-0.25, -0.2) is 0 Å². The molecule has 3 nitrogen and oxygen atoms in total. The summed E-state index contributed by atoms with van der Waals surface area (Å²) in [5.41, 5.74) is 1.64. The average molecular weight is 407 g/mol. The van der Waals surface area contributed by atoms with E-state index in [0.717, 1.165) is 6.42 Å². The molecule has 0 spiro atoms. The Labute approximate surface area is 161 Å². The predicted octanol–water partition coefficient (Wildman–Crippen LogP) is 3.57. The van der Waals surface area contributed by atoms with Crippen molar-refractivity contribution in [2.75, 3.05) is 6.54 Å². The number of alkyl halides is 3. The van der Waals surface area contributed by atoms with E-state index in [1.54, 1.807) is 24.3 Å². The quantitative estimate of drug-likeness (QED) is 0.559. The van der Waals surface area contributed by atoms with Crippen LogP contribution in [-0.2, 0) is 6.42 Å². The van der Waals surface area contributed by atoms with Crippen LogP contribution in [0.3, 0.4) is 0 Å². The molecule has 128 valence electrons. The van der Waals surface area contributed by atoms with Gasteiger partial charge in [0.2, 0.25) is 6.17 Å². The Bertz CT molecular complexity index is 657. The summed E-state index contributed by atoms with van der Waals surface area (Å²) in [6, 6.07) is 16.5. The molecule has 0 fully saturated rings. The van der Waals surface area contributed by atoms with Gasteiger partial charge in [-0.15, -0.1) is 0 Å². The highest BCUT2D eigenvalue weighted by molar-refractivity contribution is 6.68. The Morgan fingerprint density at radius 2 is 1.67 bits per heavy atom. The van der Waals surface area contributed by atoms with Crippen molar-refractivity contribution in [2.24, 2.45) is 0 Å². The van der Waals surface area contributed by atoms with Gasteiger partial charge in [-0.2, -0.15) is 0 Å². The molecular formula is C17H17Cl4N2O+. The zero-order valence-electron chi connectivity index (χ0n) is 12.7. The molecule has 3 N–H and O–H groups in total. The van der Waals surface area contributed by atoms with Gasteiger partial charge in [0.25, 0.3) is 9.70 Å². The Balaban J connectivity index is 1.95. The fraction of sp³-hybridized carbons (Fsp3) is 0.235. The van der Waals surface area contributed by atoms with Crippen LogP contribution in [0.25, 0.3) is 0 Å². The number of hydrogen-bond acceptors (Lipinski definition) is 1. The van der Waals surface area contributed by atoms with Crippen LogP contribution in [0.1, 0.15) is 15.9 Å². The highest BCUT2D eigenvalue weighted by Crippen LogP contribution is 2.27. The predicted molar refractivity (Wildman–Crippen MR) is 99.9 cm³/mol. The third-order valence-corrected chi connectivity index (χ3v) is 4.38. The number of hydrogen-bond donors (Lipinski definition) is 2. The lowest BCUT2D eigenvalue weighted by molar-refractivity contribution is -0.691. The van der Waals surface area contributed by atoms with Crippen LogP contribution in [0.2, 0.25) is 5.02 Å². The van der Waals surface area contributed by atoms with E-state index in [4.69, 9.17) is 46.4 Å². The normalized spacial score (nSPS) is 12.7. The summed E-state index contributed by atoms with van der Waals surface area (Å²) >= 11 is 23.8. The summed E-state index contributed by atoms with van der Waals surface area (Å²) in [5, 5.41) is 5.11. The minimum atomic E-state index is -1.63.